The molecule has 0 amide bonds. The first-order chi connectivity index (χ1) is 8.97. The van der Waals surface area contributed by atoms with E-state index < -0.39 is 0 Å². The van der Waals surface area contributed by atoms with Crippen molar-refractivity contribution < 1.29 is 9.26 Å². The van der Waals surface area contributed by atoms with E-state index in [1.54, 1.807) is 6.07 Å². The molecule has 0 spiro atoms. The highest BCUT2D eigenvalue weighted by molar-refractivity contribution is 5.38. The standard InChI is InChI=1S/C15H20N2O2/c1-15(2,3)12-6-4-5-7-13(12)18-9-8-11-10-14(16)19-17-11/h4-7,10H,8-9,16H2,1-3H3. The van der Waals surface area contributed by atoms with Gasteiger partial charge in [-0.3, -0.25) is 0 Å². The number of rotatable bonds is 4. The number of aromatic nitrogens is 1. The van der Waals surface area contributed by atoms with Gasteiger partial charge in [0.05, 0.1) is 12.3 Å². The third-order valence-corrected chi connectivity index (χ3v) is 2.89. The lowest BCUT2D eigenvalue weighted by atomic mass is 9.86. The van der Waals surface area contributed by atoms with Crippen LogP contribution in [0.1, 0.15) is 32.0 Å². The lowest BCUT2D eigenvalue weighted by molar-refractivity contribution is 0.308. The second-order valence-electron chi connectivity index (χ2n) is 5.57. The van der Waals surface area contributed by atoms with Gasteiger partial charge in [0.1, 0.15) is 5.75 Å². The van der Waals surface area contributed by atoms with Gasteiger partial charge in [0, 0.05) is 12.5 Å². The molecule has 0 fully saturated rings. The van der Waals surface area contributed by atoms with Crippen LogP contribution in [0.3, 0.4) is 0 Å². The number of hydrogen-bond acceptors (Lipinski definition) is 4. The largest absolute Gasteiger partial charge is 0.493 e. The molecule has 4 heteroatoms. The summed E-state index contributed by atoms with van der Waals surface area (Å²) in [5, 5.41) is 3.84. The second-order valence-corrected chi connectivity index (χ2v) is 5.57. The Hall–Kier alpha value is -1.97. The van der Waals surface area contributed by atoms with Gasteiger partial charge in [-0.15, -0.1) is 0 Å². The quantitative estimate of drug-likeness (QED) is 0.917. The maximum absolute atomic E-state index is 5.85. The van der Waals surface area contributed by atoms with Crippen LogP contribution in [0.25, 0.3) is 0 Å². The Morgan fingerprint density at radius 3 is 2.63 bits per heavy atom. The molecule has 0 aliphatic heterocycles. The average Bonchev–Trinajstić information content (AvgIpc) is 2.74. The Labute approximate surface area is 113 Å². The van der Waals surface area contributed by atoms with E-state index in [-0.39, 0.29) is 5.41 Å². The topological polar surface area (TPSA) is 61.3 Å². The van der Waals surface area contributed by atoms with Gasteiger partial charge in [-0.05, 0) is 17.0 Å². The van der Waals surface area contributed by atoms with Crippen LogP contribution in [0.4, 0.5) is 5.88 Å². The lowest BCUT2D eigenvalue weighted by Gasteiger charge is -2.22. The van der Waals surface area contributed by atoms with Crippen LogP contribution in [0, 0.1) is 0 Å². The highest BCUT2D eigenvalue weighted by atomic mass is 16.5. The molecule has 0 aliphatic rings. The molecule has 0 saturated heterocycles. The molecule has 1 heterocycles. The highest BCUT2D eigenvalue weighted by Gasteiger charge is 2.18. The van der Waals surface area contributed by atoms with Crippen molar-refractivity contribution in [2.24, 2.45) is 0 Å². The fourth-order valence-corrected chi connectivity index (χ4v) is 1.92. The van der Waals surface area contributed by atoms with Crippen LogP contribution >= 0.6 is 0 Å². The maximum atomic E-state index is 5.85. The van der Waals surface area contributed by atoms with Gasteiger partial charge in [0.15, 0.2) is 0 Å². The van der Waals surface area contributed by atoms with Gasteiger partial charge in [0.25, 0.3) is 0 Å². The van der Waals surface area contributed by atoms with Gasteiger partial charge in [-0.2, -0.15) is 0 Å². The number of hydrogen-bond donors (Lipinski definition) is 1. The number of nitrogens with two attached hydrogens (primary N) is 1. The molecular weight excluding hydrogens is 240 g/mol. The van der Waals surface area contributed by atoms with E-state index in [2.05, 4.69) is 32.0 Å². The van der Waals surface area contributed by atoms with Gasteiger partial charge in [0.2, 0.25) is 5.88 Å². The summed E-state index contributed by atoms with van der Waals surface area (Å²) in [5.41, 5.74) is 7.55. The molecule has 0 radical (unpaired) electrons. The first-order valence-electron chi connectivity index (χ1n) is 6.40. The molecule has 102 valence electrons. The molecule has 0 unspecified atom stereocenters. The summed E-state index contributed by atoms with van der Waals surface area (Å²) in [5.74, 6) is 1.26. The van der Waals surface area contributed by atoms with Crippen LogP contribution in [-0.2, 0) is 11.8 Å². The zero-order chi connectivity index (χ0) is 13.9. The number of para-hydroxylation sites is 1. The molecule has 2 N–H and O–H groups in total. The van der Waals surface area contributed by atoms with Crippen LogP contribution in [0.2, 0.25) is 0 Å². The molecule has 0 saturated carbocycles. The molecule has 0 aliphatic carbocycles. The van der Waals surface area contributed by atoms with Crippen molar-refractivity contribution in [3.05, 3.63) is 41.6 Å². The van der Waals surface area contributed by atoms with Crippen molar-refractivity contribution in [2.75, 3.05) is 12.3 Å². The molecule has 1 aromatic carbocycles. The third-order valence-electron chi connectivity index (χ3n) is 2.89. The SMILES string of the molecule is CC(C)(C)c1ccccc1OCCc1cc(N)on1. The van der Waals surface area contributed by atoms with Gasteiger partial charge < -0.3 is 15.0 Å². The molecule has 19 heavy (non-hydrogen) atoms. The first-order valence-corrected chi connectivity index (χ1v) is 6.40. The second kappa shape index (κ2) is 5.34. The predicted molar refractivity (Wildman–Crippen MR) is 75.3 cm³/mol. The number of ether oxygens (including phenoxy) is 1. The number of benzene rings is 1. The van der Waals surface area contributed by atoms with Crippen molar-refractivity contribution in [2.45, 2.75) is 32.6 Å². The van der Waals surface area contributed by atoms with Crippen LogP contribution in [0.5, 0.6) is 5.75 Å². The molecule has 4 nitrogen and oxygen atoms in total. The normalized spacial score (nSPS) is 11.5. The number of nitrogens with zero attached hydrogens (tertiary/aromatic N) is 1. The van der Waals surface area contributed by atoms with Crippen LogP contribution in [0.15, 0.2) is 34.9 Å². The highest BCUT2D eigenvalue weighted by Crippen LogP contribution is 2.30. The van der Waals surface area contributed by atoms with E-state index in [1.807, 2.05) is 18.2 Å². The summed E-state index contributed by atoms with van der Waals surface area (Å²) in [6.45, 7) is 7.08. The van der Waals surface area contributed by atoms with E-state index >= 15 is 0 Å². The average molecular weight is 260 g/mol. The fraction of sp³-hybridized carbons (Fsp3) is 0.400. The third kappa shape index (κ3) is 3.50. The molecule has 0 atom stereocenters. The Balaban J connectivity index is 2.00. The number of anilines is 1. The zero-order valence-electron chi connectivity index (χ0n) is 11.6. The monoisotopic (exact) mass is 260 g/mol. The summed E-state index contributed by atoms with van der Waals surface area (Å²) in [6, 6.07) is 9.84. The Bertz CT molecular complexity index is 541. The van der Waals surface area contributed by atoms with Gasteiger partial charge in [-0.25, -0.2) is 0 Å². The van der Waals surface area contributed by atoms with Crippen molar-refractivity contribution in [1.82, 2.24) is 5.16 Å². The van der Waals surface area contributed by atoms with E-state index in [9.17, 15) is 0 Å². The number of nitrogen functional groups attached to an aromatic ring is 1. The first kappa shape index (κ1) is 13.5. The van der Waals surface area contributed by atoms with Crippen molar-refractivity contribution in [3.8, 4) is 5.75 Å². The van der Waals surface area contributed by atoms with E-state index in [0.717, 1.165) is 11.4 Å². The molecule has 2 aromatic rings. The summed E-state index contributed by atoms with van der Waals surface area (Å²) >= 11 is 0. The summed E-state index contributed by atoms with van der Waals surface area (Å²) < 4.78 is 10.7. The predicted octanol–water partition coefficient (Wildman–Crippen LogP) is 3.18. The Morgan fingerprint density at radius 1 is 1.26 bits per heavy atom. The smallest absolute Gasteiger partial charge is 0.222 e. The molecular formula is C15H20N2O2. The fourth-order valence-electron chi connectivity index (χ4n) is 1.92. The Morgan fingerprint density at radius 2 is 2.00 bits per heavy atom. The van der Waals surface area contributed by atoms with E-state index in [0.29, 0.717) is 18.9 Å². The molecule has 2 rings (SSSR count). The van der Waals surface area contributed by atoms with Crippen molar-refractivity contribution in [1.29, 1.82) is 0 Å². The summed E-state index contributed by atoms with van der Waals surface area (Å²) in [4.78, 5) is 0. The molecule has 0 bridgehead atoms. The van der Waals surface area contributed by atoms with Crippen molar-refractivity contribution in [3.63, 3.8) is 0 Å². The van der Waals surface area contributed by atoms with Gasteiger partial charge >= 0.3 is 0 Å². The van der Waals surface area contributed by atoms with E-state index in [4.69, 9.17) is 15.0 Å². The van der Waals surface area contributed by atoms with E-state index in [1.165, 1.54) is 5.56 Å². The van der Waals surface area contributed by atoms with Crippen molar-refractivity contribution >= 4 is 5.88 Å². The minimum atomic E-state index is 0.0644. The maximum Gasteiger partial charge on any atom is 0.222 e. The molecule has 1 aromatic heterocycles. The van der Waals surface area contributed by atoms with Gasteiger partial charge in [-0.1, -0.05) is 44.1 Å². The van der Waals surface area contributed by atoms with Crippen LogP contribution < -0.4 is 10.5 Å². The Kier molecular flexibility index (Phi) is 3.79. The lowest BCUT2D eigenvalue weighted by Crippen LogP contribution is -2.14. The summed E-state index contributed by atoms with van der Waals surface area (Å²) in [7, 11) is 0. The minimum absolute atomic E-state index is 0.0644. The zero-order valence-corrected chi connectivity index (χ0v) is 11.6. The minimum Gasteiger partial charge on any atom is -0.493 e. The summed E-state index contributed by atoms with van der Waals surface area (Å²) in [6.07, 6.45) is 0.680. The van der Waals surface area contributed by atoms with Crippen LogP contribution in [-0.4, -0.2) is 11.8 Å².